The summed E-state index contributed by atoms with van der Waals surface area (Å²) in [5, 5.41) is 0. The van der Waals surface area contributed by atoms with Crippen molar-refractivity contribution in [2.75, 3.05) is 51.1 Å². The van der Waals surface area contributed by atoms with E-state index in [2.05, 4.69) is 37.0 Å². The van der Waals surface area contributed by atoms with Gasteiger partial charge in [-0.3, -0.25) is 4.79 Å². The van der Waals surface area contributed by atoms with Crippen LogP contribution in [0.15, 0.2) is 18.2 Å². The summed E-state index contributed by atoms with van der Waals surface area (Å²) in [6.07, 6.45) is 1.11. The Morgan fingerprint density at radius 3 is 2.60 bits per heavy atom. The van der Waals surface area contributed by atoms with Gasteiger partial charge in [-0.05, 0) is 39.2 Å². The second kappa shape index (κ2) is 5.81. The van der Waals surface area contributed by atoms with Crippen LogP contribution in [-0.4, -0.2) is 52.1 Å². The molecule has 0 aromatic heterocycles. The van der Waals surface area contributed by atoms with E-state index in [1.165, 1.54) is 0 Å². The van der Waals surface area contributed by atoms with Crippen molar-refractivity contribution in [2.24, 2.45) is 5.73 Å². The number of carbonyl (C=O) groups excluding carboxylic acids is 1. The van der Waals surface area contributed by atoms with Gasteiger partial charge in [-0.1, -0.05) is 6.07 Å². The summed E-state index contributed by atoms with van der Waals surface area (Å²) in [6.45, 7) is 2.05. The Hall–Kier alpha value is -1.59. The van der Waals surface area contributed by atoms with E-state index in [1.54, 1.807) is 11.9 Å². The highest BCUT2D eigenvalue weighted by molar-refractivity contribution is 6.04. The lowest BCUT2D eigenvalue weighted by atomic mass is 10.1. The maximum atomic E-state index is 11.9. The van der Waals surface area contributed by atoms with Crippen molar-refractivity contribution in [1.29, 1.82) is 0 Å². The lowest BCUT2D eigenvalue weighted by Crippen LogP contribution is -2.28. The van der Waals surface area contributed by atoms with Crippen LogP contribution in [0.25, 0.3) is 0 Å². The second-order valence-electron chi connectivity index (χ2n) is 5.70. The summed E-state index contributed by atoms with van der Waals surface area (Å²) < 4.78 is 0. The topological polar surface area (TPSA) is 52.8 Å². The number of rotatable bonds is 5. The first-order valence-corrected chi connectivity index (χ1v) is 6.94. The lowest BCUT2D eigenvalue weighted by molar-refractivity contribution is -0.118. The Labute approximate surface area is 120 Å². The number of nitrogens with zero attached hydrogens (tertiary/aromatic N) is 3. The number of nitrogens with two attached hydrogens (primary N) is 1. The van der Waals surface area contributed by atoms with Crippen molar-refractivity contribution in [3.05, 3.63) is 23.8 Å². The normalized spacial score (nSPS) is 17.8. The van der Waals surface area contributed by atoms with Crippen LogP contribution < -0.4 is 15.5 Å². The zero-order chi connectivity index (χ0) is 14.9. The molecule has 1 amide bonds. The van der Waals surface area contributed by atoms with E-state index in [1.807, 2.05) is 12.1 Å². The molecule has 110 valence electrons. The lowest BCUT2D eigenvalue weighted by Gasteiger charge is -2.22. The van der Waals surface area contributed by atoms with E-state index in [0.717, 1.165) is 36.4 Å². The van der Waals surface area contributed by atoms with Crippen LogP contribution in [0.1, 0.15) is 18.0 Å². The van der Waals surface area contributed by atoms with Crippen molar-refractivity contribution in [1.82, 2.24) is 4.90 Å². The van der Waals surface area contributed by atoms with Gasteiger partial charge in [0.05, 0.1) is 5.69 Å². The van der Waals surface area contributed by atoms with Crippen LogP contribution in [0.3, 0.4) is 0 Å². The van der Waals surface area contributed by atoms with Gasteiger partial charge in [0.15, 0.2) is 0 Å². The average Bonchev–Trinajstić information content (AvgIpc) is 2.63. The molecule has 0 fully saturated rings. The molecular formula is C15H24N4O. The molecular weight excluding hydrogens is 252 g/mol. The van der Waals surface area contributed by atoms with Gasteiger partial charge in [0, 0.05) is 31.9 Å². The summed E-state index contributed by atoms with van der Waals surface area (Å²) >= 11 is 0. The van der Waals surface area contributed by atoms with E-state index in [9.17, 15) is 4.79 Å². The summed E-state index contributed by atoms with van der Waals surface area (Å²) in [5.41, 5.74) is 8.88. The fourth-order valence-electron chi connectivity index (χ4n) is 2.54. The van der Waals surface area contributed by atoms with E-state index in [4.69, 9.17) is 5.73 Å². The molecule has 0 saturated carbocycles. The maximum Gasteiger partial charge on any atom is 0.248 e. The third-order valence-electron chi connectivity index (χ3n) is 3.85. The minimum Gasteiger partial charge on any atom is -0.374 e. The molecule has 2 N–H and O–H groups in total. The largest absolute Gasteiger partial charge is 0.374 e. The summed E-state index contributed by atoms with van der Waals surface area (Å²) in [4.78, 5) is 17.9. The minimum atomic E-state index is -0.511. The Morgan fingerprint density at radius 2 is 1.95 bits per heavy atom. The molecule has 0 bridgehead atoms. The Kier molecular flexibility index (Phi) is 4.30. The molecule has 0 aliphatic carbocycles. The van der Waals surface area contributed by atoms with Gasteiger partial charge in [0.2, 0.25) is 5.91 Å². The molecule has 2 rings (SSSR count). The molecule has 0 radical (unpaired) electrons. The van der Waals surface area contributed by atoms with Gasteiger partial charge in [-0.25, -0.2) is 0 Å². The quantitative estimate of drug-likeness (QED) is 0.873. The van der Waals surface area contributed by atoms with Gasteiger partial charge in [0.1, 0.15) is 6.04 Å². The van der Waals surface area contributed by atoms with Crippen molar-refractivity contribution >= 4 is 17.3 Å². The zero-order valence-electron chi connectivity index (χ0n) is 12.8. The number of hydrogen-bond donors (Lipinski definition) is 1. The van der Waals surface area contributed by atoms with Crippen molar-refractivity contribution < 1.29 is 4.79 Å². The van der Waals surface area contributed by atoms with Gasteiger partial charge >= 0.3 is 0 Å². The van der Waals surface area contributed by atoms with Crippen LogP contribution in [-0.2, 0) is 4.79 Å². The smallest absolute Gasteiger partial charge is 0.248 e. The van der Waals surface area contributed by atoms with Crippen LogP contribution >= 0.6 is 0 Å². The van der Waals surface area contributed by atoms with E-state index in [-0.39, 0.29) is 5.91 Å². The molecule has 0 spiro atoms. The molecule has 1 aliphatic heterocycles. The number of likely N-dealkylation sites (N-methyl/N-ethyl adjacent to an activating group) is 1. The molecule has 1 aliphatic rings. The van der Waals surface area contributed by atoms with Crippen molar-refractivity contribution in [3.8, 4) is 0 Å². The molecule has 1 unspecified atom stereocenters. The first kappa shape index (κ1) is 14.8. The number of anilines is 2. The number of carbonyl (C=O) groups is 1. The molecule has 0 saturated heterocycles. The SMILES string of the molecule is CN(C)CCCN(C)c1ccc2c(c1)N(C)C(=O)C2N. The molecule has 20 heavy (non-hydrogen) atoms. The monoisotopic (exact) mass is 276 g/mol. The standard InChI is InChI=1S/C15H24N4O/c1-17(2)8-5-9-18(3)11-6-7-12-13(10-11)19(4)15(20)14(12)16/h6-7,10,14H,5,8-9,16H2,1-4H3. The van der Waals surface area contributed by atoms with Crippen LogP contribution in [0.5, 0.6) is 0 Å². The van der Waals surface area contributed by atoms with E-state index in [0.29, 0.717) is 0 Å². The van der Waals surface area contributed by atoms with E-state index < -0.39 is 6.04 Å². The predicted molar refractivity (Wildman–Crippen MR) is 83.2 cm³/mol. The molecule has 5 heteroatoms. The first-order chi connectivity index (χ1) is 9.41. The molecule has 1 atom stereocenters. The average molecular weight is 276 g/mol. The molecule has 1 heterocycles. The fraction of sp³-hybridized carbons (Fsp3) is 0.533. The van der Waals surface area contributed by atoms with Gasteiger partial charge in [-0.15, -0.1) is 0 Å². The maximum absolute atomic E-state index is 11.9. The van der Waals surface area contributed by atoms with Gasteiger partial charge in [-0.2, -0.15) is 0 Å². The number of hydrogen-bond acceptors (Lipinski definition) is 4. The Balaban J connectivity index is 2.10. The number of benzene rings is 1. The summed E-state index contributed by atoms with van der Waals surface area (Å²) in [7, 11) is 8.02. The third kappa shape index (κ3) is 2.78. The zero-order valence-corrected chi connectivity index (χ0v) is 12.8. The molecule has 5 nitrogen and oxygen atoms in total. The second-order valence-corrected chi connectivity index (χ2v) is 5.70. The van der Waals surface area contributed by atoms with Crippen LogP contribution in [0.2, 0.25) is 0 Å². The van der Waals surface area contributed by atoms with Crippen molar-refractivity contribution in [2.45, 2.75) is 12.5 Å². The van der Waals surface area contributed by atoms with Gasteiger partial charge in [0.25, 0.3) is 0 Å². The Morgan fingerprint density at radius 1 is 1.25 bits per heavy atom. The highest BCUT2D eigenvalue weighted by Crippen LogP contribution is 2.36. The van der Waals surface area contributed by atoms with Crippen LogP contribution in [0, 0.1) is 0 Å². The molecule has 1 aromatic rings. The van der Waals surface area contributed by atoms with Gasteiger partial charge < -0.3 is 20.4 Å². The summed E-state index contributed by atoms with van der Waals surface area (Å²) in [5.74, 6) is -0.0348. The summed E-state index contributed by atoms with van der Waals surface area (Å²) in [6, 6.07) is 5.55. The van der Waals surface area contributed by atoms with Crippen molar-refractivity contribution in [3.63, 3.8) is 0 Å². The highest BCUT2D eigenvalue weighted by atomic mass is 16.2. The number of fused-ring (bicyclic) bond motifs is 1. The fourth-order valence-corrected chi connectivity index (χ4v) is 2.54. The minimum absolute atomic E-state index is 0.0348. The highest BCUT2D eigenvalue weighted by Gasteiger charge is 2.32. The number of amides is 1. The van der Waals surface area contributed by atoms with Crippen LogP contribution in [0.4, 0.5) is 11.4 Å². The molecule has 1 aromatic carbocycles. The first-order valence-electron chi connectivity index (χ1n) is 6.94. The predicted octanol–water partition coefficient (Wildman–Crippen LogP) is 1.05. The Bertz CT molecular complexity index is 501. The van der Waals surface area contributed by atoms with E-state index >= 15 is 0 Å². The third-order valence-corrected chi connectivity index (χ3v) is 3.85.